The molecule has 1 heterocycles. The van der Waals surface area contributed by atoms with Crippen LogP contribution in [0.1, 0.15) is 200 Å². The molecule has 0 aromatic carbocycles. The number of allylic oxidation sites excluding steroid dienone is 4. The molecule has 0 saturated carbocycles. The van der Waals surface area contributed by atoms with E-state index in [-0.39, 0.29) is 11.6 Å². The molecule has 1 unspecified atom stereocenters. The predicted octanol–water partition coefficient (Wildman–Crippen LogP) is 12.2. The van der Waals surface area contributed by atoms with Crippen molar-refractivity contribution < 1.29 is 9.59 Å². The molecule has 4 nitrogen and oxygen atoms in total. The molecule has 0 aliphatic carbocycles. The number of nitrogens with one attached hydrogen (secondary N) is 1. The summed E-state index contributed by atoms with van der Waals surface area (Å²) in [5.74, 6) is 1.05. The molecule has 0 spiro atoms. The minimum absolute atomic E-state index is 0.155. The second kappa shape index (κ2) is 32.2. The molecule has 0 aromatic rings. The number of hydrogen-bond donors (Lipinski definition) is 1. The van der Waals surface area contributed by atoms with Gasteiger partial charge in [-0.3, -0.25) is 14.6 Å². The highest BCUT2D eigenvalue weighted by molar-refractivity contribution is 6.37. The van der Waals surface area contributed by atoms with Crippen LogP contribution in [-0.4, -0.2) is 30.5 Å². The lowest BCUT2D eigenvalue weighted by Crippen LogP contribution is -2.28. The molecule has 1 atom stereocenters. The van der Waals surface area contributed by atoms with Crippen LogP contribution in [-0.2, 0) is 9.59 Å². The van der Waals surface area contributed by atoms with Gasteiger partial charge in [-0.1, -0.05) is 141 Å². The van der Waals surface area contributed by atoms with Gasteiger partial charge in [0.15, 0.2) is 11.6 Å². The highest BCUT2D eigenvalue weighted by Crippen LogP contribution is 2.20. The second-order valence-corrected chi connectivity index (χ2v) is 13.6. The summed E-state index contributed by atoms with van der Waals surface area (Å²) in [6, 6.07) is 0. The number of nitrogens with zero attached hydrogens (tertiary/aromatic N) is 1. The van der Waals surface area contributed by atoms with Crippen molar-refractivity contribution in [1.82, 2.24) is 5.32 Å². The van der Waals surface area contributed by atoms with Crippen molar-refractivity contribution in [2.75, 3.05) is 13.1 Å². The van der Waals surface area contributed by atoms with Crippen LogP contribution in [0, 0.1) is 5.92 Å². The number of aliphatic imine (C=N–C) groups is 1. The summed E-state index contributed by atoms with van der Waals surface area (Å²) >= 11 is 0. The van der Waals surface area contributed by atoms with Gasteiger partial charge in [0.05, 0.1) is 12.4 Å². The zero-order chi connectivity index (χ0) is 32.5. The summed E-state index contributed by atoms with van der Waals surface area (Å²) in [7, 11) is 0. The van der Waals surface area contributed by atoms with Crippen LogP contribution < -0.4 is 5.32 Å². The summed E-state index contributed by atoms with van der Waals surface area (Å²) in [6.45, 7) is 6.28. The van der Waals surface area contributed by atoms with E-state index in [1.54, 1.807) is 0 Å². The molecule has 0 fully saturated rings. The monoisotopic (exact) mass is 627 g/mol. The lowest BCUT2D eigenvalue weighted by Gasteiger charge is -2.17. The summed E-state index contributed by atoms with van der Waals surface area (Å²) in [6.07, 6.45) is 43.8. The van der Waals surface area contributed by atoms with Crippen molar-refractivity contribution in [2.24, 2.45) is 10.9 Å². The molecule has 0 radical (unpaired) electrons. The summed E-state index contributed by atoms with van der Waals surface area (Å²) in [5.41, 5.74) is 0. The Morgan fingerprint density at radius 2 is 0.978 bits per heavy atom. The molecule has 0 aromatic heterocycles. The third-order valence-electron chi connectivity index (χ3n) is 9.35. The van der Waals surface area contributed by atoms with E-state index >= 15 is 0 Å². The maximum Gasteiger partial charge on any atom is 0.198 e. The molecule has 0 amide bonds. The van der Waals surface area contributed by atoms with E-state index in [4.69, 9.17) is 0 Å². The van der Waals surface area contributed by atoms with Gasteiger partial charge in [-0.15, -0.1) is 0 Å². The van der Waals surface area contributed by atoms with Crippen molar-refractivity contribution >= 4 is 17.4 Å². The molecular weight excluding hydrogens is 552 g/mol. The number of unbranched alkanes of at least 4 members (excludes halogenated alkanes) is 21. The van der Waals surface area contributed by atoms with Crippen LogP contribution >= 0.6 is 0 Å². The first kappa shape index (κ1) is 41.3. The number of Topliss-reactive ketones (excluding diaryl/α,β-unsaturated/α-hetero) is 2. The molecule has 1 aliphatic rings. The van der Waals surface area contributed by atoms with Crippen LogP contribution in [0.15, 0.2) is 29.3 Å². The standard InChI is InChI=1S/C41H74N2O2/c1-3-5-7-9-11-13-15-17-19-21-23-25-27-29-31-33-39(44)40(45)35-34-38(41-42-36-37-43-41)32-30-28-26-24-22-20-18-16-14-12-10-8-6-4-2/h17-20,38H,3-16,21-37H2,1-2H3,(H,42,43). The third-order valence-corrected chi connectivity index (χ3v) is 9.35. The van der Waals surface area contributed by atoms with E-state index < -0.39 is 0 Å². The zero-order valence-corrected chi connectivity index (χ0v) is 30.1. The topological polar surface area (TPSA) is 58.5 Å². The smallest absolute Gasteiger partial charge is 0.198 e. The van der Waals surface area contributed by atoms with Gasteiger partial charge in [0, 0.05) is 25.3 Å². The lowest BCUT2D eigenvalue weighted by molar-refractivity contribution is -0.136. The SMILES string of the molecule is CCCCCCCCC=CCCCCCCCC(=O)C(=O)CCC(CCCCCCC=CCCCCCCCC)C1=NCCN1. The Labute approximate surface area is 280 Å². The molecule has 260 valence electrons. The Hall–Kier alpha value is -1.71. The van der Waals surface area contributed by atoms with Crippen molar-refractivity contribution in [2.45, 2.75) is 200 Å². The Morgan fingerprint density at radius 1 is 0.556 bits per heavy atom. The highest BCUT2D eigenvalue weighted by Gasteiger charge is 2.21. The van der Waals surface area contributed by atoms with Crippen LogP contribution in [0.25, 0.3) is 0 Å². The molecule has 0 bridgehead atoms. The predicted molar refractivity (Wildman–Crippen MR) is 197 cm³/mol. The van der Waals surface area contributed by atoms with Gasteiger partial charge in [-0.25, -0.2) is 0 Å². The number of rotatable bonds is 34. The Kier molecular flexibility index (Phi) is 29.6. The Balaban J connectivity index is 2.07. The van der Waals surface area contributed by atoms with E-state index in [0.717, 1.165) is 51.0 Å². The van der Waals surface area contributed by atoms with Gasteiger partial charge in [0.25, 0.3) is 0 Å². The quantitative estimate of drug-likeness (QED) is 0.0439. The molecule has 4 heteroatoms. The normalized spacial score (nSPS) is 14.0. The van der Waals surface area contributed by atoms with Gasteiger partial charge in [-0.05, 0) is 70.6 Å². The van der Waals surface area contributed by atoms with Gasteiger partial charge in [-0.2, -0.15) is 0 Å². The molecular formula is C41H74N2O2. The average Bonchev–Trinajstić information content (AvgIpc) is 3.59. The van der Waals surface area contributed by atoms with E-state index in [2.05, 4.69) is 48.5 Å². The third kappa shape index (κ3) is 26.1. The van der Waals surface area contributed by atoms with Gasteiger partial charge < -0.3 is 5.32 Å². The summed E-state index contributed by atoms with van der Waals surface area (Å²) in [4.78, 5) is 29.8. The minimum Gasteiger partial charge on any atom is -0.372 e. The van der Waals surface area contributed by atoms with Crippen LogP contribution in [0.4, 0.5) is 0 Å². The largest absolute Gasteiger partial charge is 0.372 e. The van der Waals surface area contributed by atoms with E-state index in [1.165, 1.54) is 141 Å². The molecule has 1 N–H and O–H groups in total. The fraction of sp³-hybridized carbons (Fsp3) is 0.829. The summed E-state index contributed by atoms with van der Waals surface area (Å²) in [5, 5.41) is 3.43. The van der Waals surface area contributed by atoms with Crippen LogP contribution in [0.3, 0.4) is 0 Å². The van der Waals surface area contributed by atoms with E-state index in [0.29, 0.717) is 18.8 Å². The van der Waals surface area contributed by atoms with Crippen molar-refractivity contribution in [3.8, 4) is 0 Å². The van der Waals surface area contributed by atoms with Gasteiger partial charge >= 0.3 is 0 Å². The maximum absolute atomic E-state index is 12.6. The Bertz CT molecular complexity index is 784. The highest BCUT2D eigenvalue weighted by atomic mass is 16.2. The maximum atomic E-state index is 12.6. The second-order valence-electron chi connectivity index (χ2n) is 13.6. The first-order valence-electron chi connectivity index (χ1n) is 19.8. The molecule has 0 saturated heterocycles. The number of carbonyl (C=O) groups is 2. The number of amidine groups is 1. The number of carbonyl (C=O) groups excluding carboxylic acids is 2. The number of ketones is 2. The molecule has 1 rings (SSSR count). The summed E-state index contributed by atoms with van der Waals surface area (Å²) < 4.78 is 0. The van der Waals surface area contributed by atoms with E-state index in [1.807, 2.05) is 0 Å². The average molecular weight is 627 g/mol. The fourth-order valence-corrected chi connectivity index (χ4v) is 6.33. The van der Waals surface area contributed by atoms with Crippen LogP contribution in [0.2, 0.25) is 0 Å². The molecule has 45 heavy (non-hydrogen) atoms. The lowest BCUT2D eigenvalue weighted by atomic mass is 9.92. The first-order valence-corrected chi connectivity index (χ1v) is 19.8. The van der Waals surface area contributed by atoms with Gasteiger partial charge in [0.2, 0.25) is 0 Å². The van der Waals surface area contributed by atoms with Crippen molar-refractivity contribution in [3.63, 3.8) is 0 Å². The van der Waals surface area contributed by atoms with Crippen LogP contribution in [0.5, 0.6) is 0 Å². The van der Waals surface area contributed by atoms with E-state index in [9.17, 15) is 9.59 Å². The first-order chi connectivity index (χ1) is 22.2. The Morgan fingerprint density at radius 3 is 1.44 bits per heavy atom. The zero-order valence-electron chi connectivity index (χ0n) is 30.1. The van der Waals surface area contributed by atoms with Gasteiger partial charge in [0.1, 0.15) is 0 Å². The number of hydrogen-bond acceptors (Lipinski definition) is 4. The molecule has 1 aliphatic heterocycles. The fourth-order valence-electron chi connectivity index (χ4n) is 6.33. The van der Waals surface area contributed by atoms with Crippen molar-refractivity contribution in [1.29, 1.82) is 0 Å². The van der Waals surface area contributed by atoms with Crippen molar-refractivity contribution in [3.05, 3.63) is 24.3 Å². The minimum atomic E-state index is -0.165.